The molecule has 23 heavy (non-hydrogen) atoms. The van der Waals surface area contributed by atoms with Crippen LogP contribution in [0.25, 0.3) is 17.1 Å². The summed E-state index contributed by atoms with van der Waals surface area (Å²) in [5.41, 5.74) is 5.49. The fourth-order valence-electron chi connectivity index (χ4n) is 1.99. The van der Waals surface area contributed by atoms with E-state index >= 15 is 0 Å². The SMILES string of the molecule is Nc1ccc(-n2cnc(-c3ccc(C(F)(F)F)cc3)n2)cc1F. The number of hydrogen-bond acceptors (Lipinski definition) is 3. The van der Waals surface area contributed by atoms with Crippen LogP contribution in [-0.4, -0.2) is 14.8 Å². The van der Waals surface area contributed by atoms with Gasteiger partial charge in [0.25, 0.3) is 0 Å². The second-order valence-electron chi connectivity index (χ2n) is 4.79. The maximum Gasteiger partial charge on any atom is 0.416 e. The summed E-state index contributed by atoms with van der Waals surface area (Å²) in [5.74, 6) is -0.356. The van der Waals surface area contributed by atoms with E-state index in [1.54, 1.807) is 6.07 Å². The monoisotopic (exact) mass is 322 g/mol. The lowest BCUT2D eigenvalue weighted by Crippen LogP contribution is -2.04. The predicted molar refractivity (Wildman–Crippen MR) is 76.2 cm³/mol. The minimum absolute atomic E-state index is 0.0110. The molecule has 0 unspecified atom stereocenters. The van der Waals surface area contributed by atoms with Crippen LogP contribution in [0, 0.1) is 5.82 Å². The standard InChI is InChI=1S/C15H10F4N4/c16-12-7-11(5-6-13(12)20)23-8-21-14(22-23)9-1-3-10(4-2-9)15(17,18)19/h1-8H,20H2. The molecule has 0 radical (unpaired) electrons. The van der Waals surface area contributed by atoms with Gasteiger partial charge in [-0.15, -0.1) is 5.10 Å². The molecule has 2 N–H and O–H groups in total. The zero-order valence-corrected chi connectivity index (χ0v) is 11.5. The summed E-state index contributed by atoms with van der Waals surface area (Å²) in [7, 11) is 0. The summed E-state index contributed by atoms with van der Waals surface area (Å²) in [5, 5.41) is 4.13. The Morgan fingerprint density at radius 2 is 1.70 bits per heavy atom. The van der Waals surface area contributed by atoms with Gasteiger partial charge in [0.2, 0.25) is 0 Å². The summed E-state index contributed by atoms with van der Waals surface area (Å²) >= 11 is 0. The zero-order valence-electron chi connectivity index (χ0n) is 11.5. The molecule has 0 aliphatic heterocycles. The average molecular weight is 322 g/mol. The number of alkyl halides is 3. The molecule has 2 aromatic carbocycles. The molecule has 0 fully saturated rings. The highest BCUT2D eigenvalue weighted by Crippen LogP contribution is 2.30. The number of benzene rings is 2. The highest BCUT2D eigenvalue weighted by atomic mass is 19.4. The normalized spacial score (nSPS) is 11.7. The first-order valence-corrected chi connectivity index (χ1v) is 6.49. The van der Waals surface area contributed by atoms with Crippen molar-refractivity contribution in [2.75, 3.05) is 5.73 Å². The van der Waals surface area contributed by atoms with E-state index in [0.717, 1.165) is 12.1 Å². The number of nitrogens with zero attached hydrogens (tertiary/aromatic N) is 3. The average Bonchev–Trinajstić information content (AvgIpc) is 2.99. The van der Waals surface area contributed by atoms with Crippen LogP contribution in [0.3, 0.4) is 0 Å². The van der Waals surface area contributed by atoms with E-state index < -0.39 is 17.6 Å². The Labute approximate surface area is 128 Å². The quantitative estimate of drug-likeness (QED) is 0.578. The molecule has 0 bridgehead atoms. The molecule has 4 nitrogen and oxygen atoms in total. The first kappa shape index (κ1) is 15.0. The van der Waals surface area contributed by atoms with Crippen LogP contribution in [0.1, 0.15) is 5.56 Å². The molecule has 1 heterocycles. The van der Waals surface area contributed by atoms with Crippen molar-refractivity contribution in [3.05, 3.63) is 60.2 Å². The fraction of sp³-hybridized carbons (Fsp3) is 0.0667. The Morgan fingerprint density at radius 3 is 2.30 bits per heavy atom. The number of nitrogens with two attached hydrogens (primary N) is 1. The lowest BCUT2D eigenvalue weighted by atomic mass is 10.1. The van der Waals surface area contributed by atoms with Gasteiger partial charge < -0.3 is 5.73 Å². The molecule has 0 atom stereocenters. The minimum Gasteiger partial charge on any atom is -0.396 e. The van der Waals surface area contributed by atoms with Gasteiger partial charge >= 0.3 is 6.18 Å². The third kappa shape index (κ3) is 3.01. The Bertz CT molecular complexity index is 837. The Balaban J connectivity index is 1.91. The number of rotatable bonds is 2. The molecule has 0 spiro atoms. The van der Waals surface area contributed by atoms with Crippen molar-refractivity contribution in [1.82, 2.24) is 14.8 Å². The van der Waals surface area contributed by atoms with Crippen LogP contribution < -0.4 is 5.73 Å². The smallest absolute Gasteiger partial charge is 0.396 e. The lowest BCUT2D eigenvalue weighted by molar-refractivity contribution is -0.137. The predicted octanol–water partition coefficient (Wildman–Crippen LogP) is 3.67. The summed E-state index contributed by atoms with van der Waals surface area (Å²) in [6.07, 6.45) is -3.05. The number of halogens is 4. The van der Waals surface area contributed by atoms with E-state index in [2.05, 4.69) is 10.1 Å². The molecule has 8 heteroatoms. The zero-order chi connectivity index (χ0) is 16.6. The number of anilines is 1. The van der Waals surface area contributed by atoms with Gasteiger partial charge in [0.1, 0.15) is 12.1 Å². The largest absolute Gasteiger partial charge is 0.416 e. The summed E-state index contributed by atoms with van der Waals surface area (Å²) < 4.78 is 52.4. The van der Waals surface area contributed by atoms with Crippen molar-refractivity contribution in [2.24, 2.45) is 0 Å². The molecule has 0 aliphatic carbocycles. The highest BCUT2D eigenvalue weighted by molar-refractivity contribution is 5.55. The maximum absolute atomic E-state index is 13.5. The second kappa shape index (κ2) is 5.38. The molecule has 0 saturated heterocycles. The van der Waals surface area contributed by atoms with E-state index in [-0.39, 0.29) is 11.5 Å². The third-order valence-electron chi connectivity index (χ3n) is 3.21. The highest BCUT2D eigenvalue weighted by Gasteiger charge is 2.30. The van der Waals surface area contributed by atoms with E-state index in [9.17, 15) is 17.6 Å². The van der Waals surface area contributed by atoms with Gasteiger partial charge in [0, 0.05) is 11.6 Å². The first-order chi connectivity index (χ1) is 10.8. The summed E-state index contributed by atoms with van der Waals surface area (Å²) in [6, 6.07) is 8.63. The molecule has 118 valence electrons. The lowest BCUT2D eigenvalue weighted by Gasteiger charge is -2.06. The molecule has 3 rings (SSSR count). The molecule has 0 amide bonds. The van der Waals surface area contributed by atoms with Crippen molar-refractivity contribution >= 4 is 5.69 Å². The topological polar surface area (TPSA) is 56.7 Å². The van der Waals surface area contributed by atoms with Crippen LogP contribution in [0.5, 0.6) is 0 Å². The van der Waals surface area contributed by atoms with Crippen molar-refractivity contribution in [2.45, 2.75) is 6.18 Å². The molecule has 3 aromatic rings. The van der Waals surface area contributed by atoms with Gasteiger partial charge in [0.15, 0.2) is 5.82 Å². The van der Waals surface area contributed by atoms with E-state index in [1.807, 2.05) is 0 Å². The molecule has 1 aromatic heterocycles. The van der Waals surface area contributed by atoms with Gasteiger partial charge in [-0.25, -0.2) is 14.1 Å². The van der Waals surface area contributed by atoms with E-state index in [1.165, 1.54) is 35.3 Å². The molecular weight excluding hydrogens is 312 g/mol. The van der Waals surface area contributed by atoms with E-state index in [4.69, 9.17) is 5.73 Å². The Kier molecular flexibility index (Phi) is 3.51. The van der Waals surface area contributed by atoms with Crippen LogP contribution in [0.2, 0.25) is 0 Å². The molecular formula is C15H10F4N4. The fourth-order valence-corrected chi connectivity index (χ4v) is 1.99. The number of nitrogen functional groups attached to an aromatic ring is 1. The third-order valence-corrected chi connectivity index (χ3v) is 3.21. The van der Waals surface area contributed by atoms with Gasteiger partial charge in [-0.1, -0.05) is 12.1 Å². The van der Waals surface area contributed by atoms with Crippen molar-refractivity contribution in [1.29, 1.82) is 0 Å². The van der Waals surface area contributed by atoms with Crippen molar-refractivity contribution in [3.63, 3.8) is 0 Å². The molecule has 0 saturated carbocycles. The summed E-state index contributed by atoms with van der Waals surface area (Å²) in [4.78, 5) is 4.02. The minimum atomic E-state index is -4.40. The van der Waals surface area contributed by atoms with Crippen LogP contribution >= 0.6 is 0 Å². The van der Waals surface area contributed by atoms with Gasteiger partial charge in [-0.2, -0.15) is 13.2 Å². The van der Waals surface area contributed by atoms with E-state index in [0.29, 0.717) is 11.3 Å². The van der Waals surface area contributed by atoms with Crippen molar-refractivity contribution < 1.29 is 17.6 Å². The molecule has 0 aliphatic rings. The second-order valence-corrected chi connectivity index (χ2v) is 4.79. The Hall–Kier alpha value is -2.90. The summed E-state index contributed by atoms with van der Waals surface area (Å²) in [6.45, 7) is 0. The first-order valence-electron chi connectivity index (χ1n) is 6.49. The van der Waals surface area contributed by atoms with Crippen molar-refractivity contribution in [3.8, 4) is 17.1 Å². The number of aromatic nitrogens is 3. The van der Waals surface area contributed by atoms with Crippen LogP contribution in [0.15, 0.2) is 48.8 Å². The van der Waals surface area contributed by atoms with Gasteiger partial charge in [-0.05, 0) is 24.3 Å². The maximum atomic E-state index is 13.5. The Morgan fingerprint density at radius 1 is 1.00 bits per heavy atom. The van der Waals surface area contributed by atoms with Crippen LogP contribution in [-0.2, 0) is 6.18 Å². The van der Waals surface area contributed by atoms with Crippen LogP contribution in [0.4, 0.5) is 23.2 Å². The van der Waals surface area contributed by atoms with Gasteiger partial charge in [0.05, 0.1) is 16.9 Å². The van der Waals surface area contributed by atoms with Gasteiger partial charge in [-0.3, -0.25) is 0 Å². The number of hydrogen-bond donors (Lipinski definition) is 1.